The minimum Gasteiger partial charge on any atom is -0.481 e. The largest absolute Gasteiger partial charge is 0.481 e. The number of nitrogens with zero attached hydrogens (tertiary/aromatic N) is 1. The molecule has 1 aromatic rings. The number of anilines is 1. The van der Waals surface area contributed by atoms with Crippen LogP contribution in [0, 0.1) is 0 Å². The number of amides is 2. The molecule has 0 spiro atoms. The van der Waals surface area contributed by atoms with Crippen LogP contribution in [-0.2, 0) is 25.5 Å². The van der Waals surface area contributed by atoms with Gasteiger partial charge in [0.05, 0.1) is 13.2 Å². The summed E-state index contributed by atoms with van der Waals surface area (Å²) in [4.78, 5) is 36.3. The second-order valence-electron chi connectivity index (χ2n) is 5.64. The normalized spacial score (nSPS) is 14.2. The number of hydrogen-bond acceptors (Lipinski definition) is 4. The molecule has 0 radical (unpaired) electrons. The molecule has 2 rings (SSSR count). The molecule has 0 unspecified atom stereocenters. The summed E-state index contributed by atoms with van der Waals surface area (Å²) < 4.78 is 5.19. The van der Waals surface area contributed by atoms with Crippen molar-refractivity contribution >= 4 is 23.5 Å². The Morgan fingerprint density at radius 1 is 1.12 bits per heavy atom. The topological polar surface area (TPSA) is 95.9 Å². The van der Waals surface area contributed by atoms with Crippen molar-refractivity contribution in [2.24, 2.45) is 0 Å². The van der Waals surface area contributed by atoms with Crippen molar-refractivity contribution in [1.82, 2.24) is 4.90 Å². The summed E-state index contributed by atoms with van der Waals surface area (Å²) in [5.41, 5.74) is 1.46. The molecule has 0 aromatic heterocycles. The molecule has 0 atom stereocenters. The van der Waals surface area contributed by atoms with Crippen LogP contribution >= 0.6 is 0 Å². The van der Waals surface area contributed by atoms with Crippen molar-refractivity contribution in [1.29, 1.82) is 0 Å². The van der Waals surface area contributed by atoms with E-state index in [2.05, 4.69) is 5.32 Å². The first-order chi connectivity index (χ1) is 11.5. The number of nitrogens with one attached hydrogen (secondary N) is 1. The van der Waals surface area contributed by atoms with Crippen molar-refractivity contribution in [3.8, 4) is 0 Å². The lowest BCUT2D eigenvalue weighted by Gasteiger charge is -2.26. The smallest absolute Gasteiger partial charge is 0.303 e. The summed E-state index contributed by atoms with van der Waals surface area (Å²) in [5.74, 6) is -1.12. The highest BCUT2D eigenvalue weighted by Crippen LogP contribution is 2.13. The molecule has 7 heteroatoms. The second kappa shape index (κ2) is 9.02. The Morgan fingerprint density at radius 3 is 2.58 bits per heavy atom. The van der Waals surface area contributed by atoms with Crippen molar-refractivity contribution in [2.45, 2.75) is 25.7 Å². The number of aliphatic carboxylic acids is 1. The number of carbonyl (C=O) groups excluding carboxylic acids is 2. The summed E-state index contributed by atoms with van der Waals surface area (Å²) in [7, 11) is 0. The average Bonchev–Trinajstić information content (AvgIpc) is 2.59. The van der Waals surface area contributed by atoms with Crippen LogP contribution in [0.2, 0.25) is 0 Å². The van der Waals surface area contributed by atoms with Gasteiger partial charge in [-0.2, -0.15) is 0 Å². The Morgan fingerprint density at radius 2 is 1.88 bits per heavy atom. The number of carboxylic acids is 1. The molecule has 24 heavy (non-hydrogen) atoms. The van der Waals surface area contributed by atoms with Crippen molar-refractivity contribution < 1.29 is 24.2 Å². The van der Waals surface area contributed by atoms with Gasteiger partial charge in [-0.25, -0.2) is 0 Å². The average molecular weight is 334 g/mol. The molecule has 1 fully saturated rings. The summed E-state index contributed by atoms with van der Waals surface area (Å²) in [6.45, 7) is 2.24. The van der Waals surface area contributed by atoms with Crippen molar-refractivity contribution in [2.75, 3.05) is 31.6 Å². The maximum absolute atomic E-state index is 12.0. The lowest BCUT2D eigenvalue weighted by Crippen LogP contribution is -2.40. The Hall–Kier alpha value is -2.41. The molecule has 1 saturated heterocycles. The van der Waals surface area contributed by atoms with E-state index < -0.39 is 5.97 Å². The van der Waals surface area contributed by atoms with Crippen LogP contribution in [0.4, 0.5) is 5.69 Å². The van der Waals surface area contributed by atoms with Crippen LogP contribution in [0.25, 0.3) is 0 Å². The van der Waals surface area contributed by atoms with Gasteiger partial charge in [-0.05, 0) is 24.1 Å². The number of morpholine rings is 1. The van der Waals surface area contributed by atoms with Crippen LogP contribution in [0.1, 0.15) is 24.8 Å². The first-order valence-corrected chi connectivity index (χ1v) is 8.00. The Kier molecular flexibility index (Phi) is 6.74. The molecular formula is C17H22N2O5. The standard InChI is InChI=1S/C17H22N2O5/c20-15(5-6-16(21)19-8-10-24-11-9-19)18-14-3-1-2-13(12-14)4-7-17(22)23/h1-3,12H,4-11H2,(H,18,20)(H,22,23). The minimum absolute atomic E-state index is 0.0383. The van der Waals surface area contributed by atoms with E-state index in [0.29, 0.717) is 38.4 Å². The maximum Gasteiger partial charge on any atom is 0.303 e. The van der Waals surface area contributed by atoms with E-state index in [1.807, 2.05) is 6.07 Å². The number of ether oxygens (including phenoxy) is 1. The van der Waals surface area contributed by atoms with Crippen LogP contribution < -0.4 is 5.32 Å². The highest BCUT2D eigenvalue weighted by Gasteiger charge is 2.17. The molecule has 2 amide bonds. The van der Waals surface area contributed by atoms with Gasteiger partial charge in [0.2, 0.25) is 11.8 Å². The van der Waals surface area contributed by atoms with Crippen LogP contribution in [0.3, 0.4) is 0 Å². The van der Waals surface area contributed by atoms with Gasteiger partial charge < -0.3 is 20.1 Å². The molecule has 2 N–H and O–H groups in total. The van der Waals surface area contributed by atoms with Gasteiger partial charge >= 0.3 is 5.97 Å². The number of aryl methyl sites for hydroxylation is 1. The molecule has 1 aromatic carbocycles. The molecule has 0 aliphatic carbocycles. The summed E-state index contributed by atoms with van der Waals surface area (Å²) in [6, 6.07) is 7.09. The third-order valence-electron chi connectivity index (χ3n) is 3.77. The van der Waals surface area contributed by atoms with Crippen molar-refractivity contribution in [3.05, 3.63) is 29.8 Å². The van der Waals surface area contributed by atoms with Crippen LogP contribution in [0.15, 0.2) is 24.3 Å². The Labute approximate surface area is 140 Å². The number of benzene rings is 1. The first-order valence-electron chi connectivity index (χ1n) is 8.00. The van der Waals surface area contributed by atoms with E-state index in [0.717, 1.165) is 5.56 Å². The lowest BCUT2D eigenvalue weighted by molar-refractivity contribution is -0.137. The molecule has 0 bridgehead atoms. The van der Waals surface area contributed by atoms with Gasteiger partial charge in [-0.3, -0.25) is 14.4 Å². The fourth-order valence-corrected chi connectivity index (χ4v) is 2.47. The van der Waals surface area contributed by atoms with E-state index in [9.17, 15) is 14.4 Å². The van der Waals surface area contributed by atoms with Gasteiger partial charge in [0, 0.05) is 38.0 Å². The van der Waals surface area contributed by atoms with E-state index in [1.165, 1.54) is 0 Å². The Balaban J connectivity index is 1.78. The zero-order valence-electron chi connectivity index (χ0n) is 13.5. The lowest BCUT2D eigenvalue weighted by atomic mass is 10.1. The first kappa shape index (κ1) is 17.9. The highest BCUT2D eigenvalue weighted by atomic mass is 16.5. The molecule has 130 valence electrons. The SMILES string of the molecule is O=C(O)CCc1cccc(NC(=O)CCC(=O)N2CCOCC2)c1. The number of rotatable bonds is 7. The monoisotopic (exact) mass is 334 g/mol. The zero-order chi connectivity index (χ0) is 17.4. The number of carboxylic acid groups (broad SMARTS) is 1. The quantitative estimate of drug-likeness (QED) is 0.783. The summed E-state index contributed by atoms with van der Waals surface area (Å²) >= 11 is 0. The minimum atomic E-state index is -0.855. The van der Waals surface area contributed by atoms with Crippen LogP contribution in [-0.4, -0.2) is 54.1 Å². The summed E-state index contributed by atoms with van der Waals surface area (Å²) in [5, 5.41) is 11.5. The highest BCUT2D eigenvalue weighted by molar-refractivity contribution is 5.93. The summed E-state index contributed by atoms with van der Waals surface area (Å²) in [6.07, 6.45) is 0.750. The van der Waals surface area contributed by atoms with E-state index in [4.69, 9.17) is 9.84 Å². The third-order valence-corrected chi connectivity index (χ3v) is 3.77. The van der Waals surface area contributed by atoms with E-state index in [-0.39, 0.29) is 31.1 Å². The Bertz CT molecular complexity index is 596. The zero-order valence-corrected chi connectivity index (χ0v) is 13.5. The van der Waals surface area contributed by atoms with Gasteiger partial charge in [0.15, 0.2) is 0 Å². The number of carbonyl (C=O) groups is 3. The van der Waals surface area contributed by atoms with Crippen molar-refractivity contribution in [3.63, 3.8) is 0 Å². The maximum atomic E-state index is 12.0. The van der Waals surface area contributed by atoms with E-state index in [1.54, 1.807) is 23.1 Å². The molecule has 7 nitrogen and oxygen atoms in total. The molecule has 1 aliphatic heterocycles. The van der Waals surface area contributed by atoms with Crippen LogP contribution in [0.5, 0.6) is 0 Å². The second-order valence-corrected chi connectivity index (χ2v) is 5.64. The molecule has 1 heterocycles. The number of hydrogen-bond donors (Lipinski definition) is 2. The fraction of sp³-hybridized carbons (Fsp3) is 0.471. The molecular weight excluding hydrogens is 312 g/mol. The van der Waals surface area contributed by atoms with E-state index >= 15 is 0 Å². The van der Waals surface area contributed by atoms with Gasteiger partial charge in [-0.1, -0.05) is 12.1 Å². The van der Waals surface area contributed by atoms with Gasteiger partial charge in [0.1, 0.15) is 0 Å². The van der Waals surface area contributed by atoms with Gasteiger partial charge in [-0.15, -0.1) is 0 Å². The van der Waals surface area contributed by atoms with Gasteiger partial charge in [0.25, 0.3) is 0 Å². The molecule has 1 aliphatic rings. The third kappa shape index (κ3) is 6.00. The fourth-order valence-electron chi connectivity index (χ4n) is 2.47. The predicted octanol–water partition coefficient (Wildman–Crippen LogP) is 1.28. The predicted molar refractivity (Wildman–Crippen MR) is 87.7 cm³/mol. The molecule has 0 saturated carbocycles.